The SMILES string of the molecule is CC(C)(C)OC(=O)N[C@H](Cc1cc(C(F)(F)F)cc(C(F)(F)F)c1)C(=O)O. The molecule has 0 heterocycles. The van der Waals surface area contributed by atoms with E-state index < -0.39 is 59.2 Å². The lowest BCUT2D eigenvalue weighted by atomic mass is 9.99. The maximum Gasteiger partial charge on any atom is 0.416 e. The van der Waals surface area contributed by atoms with Gasteiger partial charge in [0.25, 0.3) is 0 Å². The van der Waals surface area contributed by atoms with Crippen LogP contribution >= 0.6 is 0 Å². The number of aliphatic carboxylic acids is 1. The molecule has 0 aliphatic carbocycles. The van der Waals surface area contributed by atoms with E-state index in [0.717, 1.165) is 0 Å². The quantitative estimate of drug-likeness (QED) is 0.740. The number of ether oxygens (including phenoxy) is 1. The maximum absolute atomic E-state index is 12.9. The van der Waals surface area contributed by atoms with Gasteiger partial charge in [-0.1, -0.05) is 0 Å². The summed E-state index contributed by atoms with van der Waals surface area (Å²) in [6.45, 7) is 4.47. The summed E-state index contributed by atoms with van der Waals surface area (Å²) in [4.78, 5) is 22.9. The Bertz CT molecular complexity index is 674. The van der Waals surface area contributed by atoms with Crippen molar-refractivity contribution in [3.63, 3.8) is 0 Å². The molecule has 152 valence electrons. The topological polar surface area (TPSA) is 75.6 Å². The van der Waals surface area contributed by atoms with Crippen molar-refractivity contribution in [3.05, 3.63) is 34.9 Å². The molecule has 0 aliphatic heterocycles. The zero-order valence-electron chi connectivity index (χ0n) is 14.5. The zero-order valence-corrected chi connectivity index (χ0v) is 14.5. The standard InChI is InChI=1S/C16H17F6NO4/c1-14(2,3)27-13(26)23-11(12(24)25)6-8-4-9(15(17,18)19)7-10(5-8)16(20,21)22/h4-5,7,11H,6H2,1-3H3,(H,23,26)(H,24,25)/t11-/m1/s1. The van der Waals surface area contributed by atoms with Crippen LogP contribution < -0.4 is 5.32 Å². The van der Waals surface area contributed by atoms with Gasteiger partial charge in [0, 0.05) is 6.42 Å². The third-order valence-corrected chi connectivity index (χ3v) is 3.08. The number of nitrogens with one attached hydrogen (secondary N) is 1. The molecule has 27 heavy (non-hydrogen) atoms. The van der Waals surface area contributed by atoms with Gasteiger partial charge in [-0.25, -0.2) is 9.59 Å². The number of carboxylic acid groups (broad SMARTS) is 1. The van der Waals surface area contributed by atoms with Gasteiger partial charge in [0.05, 0.1) is 11.1 Å². The summed E-state index contributed by atoms with van der Waals surface area (Å²) in [5.74, 6) is -1.65. The number of carbonyl (C=O) groups is 2. The maximum atomic E-state index is 12.9. The predicted molar refractivity (Wildman–Crippen MR) is 80.9 cm³/mol. The second-order valence-electron chi connectivity index (χ2n) is 6.66. The summed E-state index contributed by atoms with van der Waals surface area (Å²) in [5.41, 5.74) is -4.68. The Hall–Kier alpha value is -2.46. The van der Waals surface area contributed by atoms with Crippen molar-refractivity contribution in [3.8, 4) is 0 Å². The largest absolute Gasteiger partial charge is 0.480 e. The number of halogens is 6. The van der Waals surface area contributed by atoms with Crippen molar-refractivity contribution >= 4 is 12.1 Å². The molecule has 0 spiro atoms. The highest BCUT2D eigenvalue weighted by Gasteiger charge is 2.37. The molecule has 0 saturated heterocycles. The molecular weight excluding hydrogens is 384 g/mol. The molecule has 0 fully saturated rings. The highest BCUT2D eigenvalue weighted by molar-refractivity contribution is 5.80. The first-order chi connectivity index (χ1) is 12.0. The van der Waals surface area contributed by atoms with Gasteiger partial charge in [-0.3, -0.25) is 0 Å². The minimum absolute atomic E-state index is 0.0689. The van der Waals surface area contributed by atoms with Crippen LogP contribution in [0.1, 0.15) is 37.5 Å². The summed E-state index contributed by atoms with van der Waals surface area (Å²) in [6.07, 6.45) is -12.1. The van der Waals surface area contributed by atoms with Crippen molar-refractivity contribution in [1.29, 1.82) is 0 Å². The van der Waals surface area contributed by atoms with Crippen LogP contribution in [0.4, 0.5) is 31.1 Å². The van der Waals surface area contributed by atoms with Gasteiger partial charge in [-0.15, -0.1) is 0 Å². The third-order valence-electron chi connectivity index (χ3n) is 3.08. The molecule has 0 unspecified atom stereocenters. The van der Waals surface area contributed by atoms with Crippen LogP contribution in [0.3, 0.4) is 0 Å². The van der Waals surface area contributed by atoms with E-state index in [2.05, 4.69) is 0 Å². The fraction of sp³-hybridized carbons (Fsp3) is 0.500. The second kappa shape index (κ2) is 7.65. The van der Waals surface area contributed by atoms with E-state index in [9.17, 15) is 35.9 Å². The molecule has 0 saturated carbocycles. The van der Waals surface area contributed by atoms with Gasteiger partial charge < -0.3 is 15.2 Å². The van der Waals surface area contributed by atoms with E-state index in [4.69, 9.17) is 9.84 Å². The summed E-state index contributed by atoms with van der Waals surface area (Å²) >= 11 is 0. The minimum atomic E-state index is -5.06. The molecule has 5 nitrogen and oxygen atoms in total. The van der Waals surface area contributed by atoms with Crippen LogP contribution in [0.15, 0.2) is 18.2 Å². The Kier molecular flexibility index (Phi) is 6.40. The molecule has 1 atom stereocenters. The van der Waals surface area contributed by atoms with Crippen molar-refractivity contribution in [2.24, 2.45) is 0 Å². The molecule has 0 aromatic heterocycles. The highest BCUT2D eigenvalue weighted by atomic mass is 19.4. The highest BCUT2D eigenvalue weighted by Crippen LogP contribution is 2.36. The minimum Gasteiger partial charge on any atom is -0.480 e. The summed E-state index contributed by atoms with van der Waals surface area (Å²) in [5, 5.41) is 11.0. The summed E-state index contributed by atoms with van der Waals surface area (Å²) in [6, 6.07) is -1.05. The predicted octanol–water partition coefficient (Wildman–Crippen LogP) is 4.24. The lowest BCUT2D eigenvalue weighted by molar-refractivity contribution is -0.143. The molecule has 1 aromatic carbocycles. The summed E-state index contributed by atoms with van der Waals surface area (Å²) in [7, 11) is 0. The molecule has 1 amide bonds. The molecule has 1 aromatic rings. The van der Waals surface area contributed by atoms with Crippen LogP contribution in [0, 0.1) is 0 Å². The number of alkyl halides is 6. The van der Waals surface area contributed by atoms with Crippen LogP contribution in [-0.4, -0.2) is 28.8 Å². The number of amides is 1. The van der Waals surface area contributed by atoms with Crippen molar-refractivity contribution in [1.82, 2.24) is 5.32 Å². The Morgan fingerprint density at radius 2 is 1.44 bits per heavy atom. The number of benzene rings is 1. The first kappa shape index (κ1) is 22.6. The molecule has 0 radical (unpaired) electrons. The number of rotatable bonds is 4. The number of carboxylic acids is 1. The van der Waals surface area contributed by atoms with E-state index in [0.29, 0.717) is 12.1 Å². The van der Waals surface area contributed by atoms with Crippen LogP contribution in [0.5, 0.6) is 0 Å². The lowest BCUT2D eigenvalue weighted by Crippen LogP contribution is -2.44. The van der Waals surface area contributed by atoms with Crippen LogP contribution in [-0.2, 0) is 28.3 Å². The van der Waals surface area contributed by atoms with Crippen LogP contribution in [0.2, 0.25) is 0 Å². The number of hydrogen-bond donors (Lipinski definition) is 2. The third kappa shape index (κ3) is 7.35. The molecule has 0 bridgehead atoms. The number of hydrogen-bond acceptors (Lipinski definition) is 3. The summed E-state index contributed by atoms with van der Waals surface area (Å²) < 4.78 is 82.0. The Morgan fingerprint density at radius 3 is 1.78 bits per heavy atom. The lowest BCUT2D eigenvalue weighted by Gasteiger charge is -2.22. The molecular formula is C16H17F6NO4. The average molecular weight is 401 g/mol. The number of alkyl carbamates (subject to hydrolysis) is 1. The Labute approximate surface area is 150 Å². The molecule has 2 N–H and O–H groups in total. The molecule has 0 aliphatic rings. The van der Waals surface area contributed by atoms with Crippen molar-refractivity contribution in [2.75, 3.05) is 0 Å². The van der Waals surface area contributed by atoms with Gasteiger partial charge in [0.15, 0.2) is 0 Å². The van der Waals surface area contributed by atoms with Gasteiger partial charge in [-0.2, -0.15) is 26.3 Å². The van der Waals surface area contributed by atoms with Crippen LogP contribution in [0.25, 0.3) is 0 Å². The molecule has 1 rings (SSSR count). The normalized spacial score (nSPS) is 13.8. The average Bonchev–Trinajstić information content (AvgIpc) is 2.42. The van der Waals surface area contributed by atoms with E-state index in [-0.39, 0.29) is 6.07 Å². The smallest absolute Gasteiger partial charge is 0.416 e. The fourth-order valence-electron chi connectivity index (χ4n) is 2.02. The zero-order chi connectivity index (χ0) is 21.2. The molecule has 11 heteroatoms. The number of carbonyl (C=O) groups excluding carboxylic acids is 1. The first-order valence-corrected chi connectivity index (χ1v) is 7.50. The monoisotopic (exact) mass is 401 g/mol. The van der Waals surface area contributed by atoms with Gasteiger partial charge in [0.1, 0.15) is 11.6 Å². The van der Waals surface area contributed by atoms with Crippen molar-refractivity contribution in [2.45, 2.75) is 51.2 Å². The fourth-order valence-corrected chi connectivity index (χ4v) is 2.02. The Balaban J connectivity index is 3.18. The Morgan fingerprint density at radius 1 is 1.00 bits per heavy atom. The van der Waals surface area contributed by atoms with Gasteiger partial charge >= 0.3 is 24.4 Å². The van der Waals surface area contributed by atoms with Crippen molar-refractivity contribution < 1.29 is 45.8 Å². The van der Waals surface area contributed by atoms with Gasteiger partial charge in [-0.05, 0) is 44.5 Å². The first-order valence-electron chi connectivity index (χ1n) is 7.50. The second-order valence-corrected chi connectivity index (χ2v) is 6.66. The van der Waals surface area contributed by atoms with Gasteiger partial charge in [0.2, 0.25) is 0 Å². The van der Waals surface area contributed by atoms with E-state index in [1.807, 2.05) is 5.32 Å². The van der Waals surface area contributed by atoms with E-state index >= 15 is 0 Å². The van der Waals surface area contributed by atoms with E-state index in [1.165, 1.54) is 20.8 Å². The van der Waals surface area contributed by atoms with E-state index in [1.54, 1.807) is 0 Å².